The molecule has 0 aliphatic carbocycles. The lowest BCUT2D eigenvalue weighted by atomic mass is 10.1. The molecule has 0 radical (unpaired) electrons. The van der Waals surface area contributed by atoms with Gasteiger partial charge in [0.25, 0.3) is 5.91 Å². The van der Waals surface area contributed by atoms with Crippen LogP contribution in [0.3, 0.4) is 0 Å². The van der Waals surface area contributed by atoms with E-state index >= 15 is 0 Å². The Kier molecular flexibility index (Phi) is 5.42. The van der Waals surface area contributed by atoms with Gasteiger partial charge in [-0.2, -0.15) is 0 Å². The number of carbonyl (C=O) groups is 1. The van der Waals surface area contributed by atoms with Crippen molar-refractivity contribution in [3.05, 3.63) is 60.2 Å². The lowest BCUT2D eigenvalue weighted by Gasteiger charge is -2.19. The van der Waals surface area contributed by atoms with E-state index in [1.54, 1.807) is 26.2 Å². The minimum atomic E-state index is -0.585. The summed E-state index contributed by atoms with van der Waals surface area (Å²) in [6, 6.07) is 17.0. The van der Waals surface area contributed by atoms with E-state index in [4.69, 9.17) is 9.47 Å². The van der Waals surface area contributed by atoms with Crippen LogP contribution in [0, 0.1) is 0 Å². The summed E-state index contributed by atoms with van der Waals surface area (Å²) < 4.78 is 10.8. The molecule has 0 aliphatic rings. The lowest BCUT2D eigenvalue weighted by Crippen LogP contribution is -2.37. The number of hydrogen-bond donors (Lipinski definition) is 1. The van der Waals surface area contributed by atoms with Gasteiger partial charge in [-0.1, -0.05) is 36.4 Å². The predicted octanol–water partition coefficient (Wildman–Crippen LogP) is 3.34. The van der Waals surface area contributed by atoms with Crippen molar-refractivity contribution >= 4 is 5.91 Å². The van der Waals surface area contributed by atoms with Crippen molar-refractivity contribution in [2.45, 2.75) is 26.0 Å². The molecule has 0 fully saturated rings. The first-order chi connectivity index (χ1) is 10.6. The first-order valence-electron chi connectivity index (χ1n) is 7.26. The quantitative estimate of drug-likeness (QED) is 0.890. The van der Waals surface area contributed by atoms with Gasteiger partial charge < -0.3 is 14.8 Å². The van der Waals surface area contributed by atoms with Crippen LogP contribution in [-0.4, -0.2) is 19.1 Å². The fourth-order valence-electron chi connectivity index (χ4n) is 2.09. The largest absolute Gasteiger partial charge is 0.497 e. The zero-order valence-electron chi connectivity index (χ0n) is 13.1. The smallest absolute Gasteiger partial charge is 0.261 e. The van der Waals surface area contributed by atoms with Gasteiger partial charge in [0.2, 0.25) is 0 Å². The molecule has 0 saturated heterocycles. The monoisotopic (exact) mass is 299 g/mol. The molecule has 0 unspecified atom stereocenters. The van der Waals surface area contributed by atoms with Crippen LogP contribution >= 0.6 is 0 Å². The fourth-order valence-corrected chi connectivity index (χ4v) is 2.09. The molecular formula is C18H21NO3. The number of nitrogens with one attached hydrogen (secondary N) is 1. The van der Waals surface area contributed by atoms with Crippen molar-refractivity contribution in [1.82, 2.24) is 5.32 Å². The molecule has 2 rings (SSSR count). The molecule has 4 nitrogen and oxygen atoms in total. The van der Waals surface area contributed by atoms with Crippen molar-refractivity contribution in [2.75, 3.05) is 7.11 Å². The Morgan fingerprint density at radius 1 is 1.00 bits per heavy atom. The normalized spacial score (nSPS) is 13.0. The number of ether oxygens (including phenoxy) is 2. The first-order valence-corrected chi connectivity index (χ1v) is 7.26. The van der Waals surface area contributed by atoms with Crippen molar-refractivity contribution in [2.24, 2.45) is 0 Å². The average molecular weight is 299 g/mol. The van der Waals surface area contributed by atoms with Gasteiger partial charge in [0, 0.05) is 6.07 Å². The molecule has 0 saturated carbocycles. The van der Waals surface area contributed by atoms with Crippen molar-refractivity contribution in [1.29, 1.82) is 0 Å². The number of amides is 1. The van der Waals surface area contributed by atoms with Gasteiger partial charge in [-0.3, -0.25) is 4.79 Å². The topological polar surface area (TPSA) is 47.6 Å². The second-order valence-electron chi connectivity index (χ2n) is 5.08. The summed E-state index contributed by atoms with van der Waals surface area (Å²) in [5.41, 5.74) is 1.06. The SMILES string of the molecule is COc1cccc(O[C@@H](C)C(=O)N[C@@H](C)c2ccccc2)c1. The molecule has 0 spiro atoms. The van der Waals surface area contributed by atoms with Gasteiger partial charge in [-0.15, -0.1) is 0 Å². The maximum atomic E-state index is 12.2. The zero-order valence-corrected chi connectivity index (χ0v) is 13.1. The van der Waals surface area contributed by atoms with Crippen LogP contribution in [0.2, 0.25) is 0 Å². The van der Waals surface area contributed by atoms with Gasteiger partial charge >= 0.3 is 0 Å². The van der Waals surface area contributed by atoms with Crippen LogP contribution in [-0.2, 0) is 4.79 Å². The van der Waals surface area contributed by atoms with Gasteiger partial charge in [0.05, 0.1) is 13.2 Å². The molecule has 2 atom stereocenters. The van der Waals surface area contributed by atoms with Crippen LogP contribution in [0.15, 0.2) is 54.6 Å². The van der Waals surface area contributed by atoms with E-state index in [1.807, 2.05) is 49.4 Å². The fraction of sp³-hybridized carbons (Fsp3) is 0.278. The van der Waals surface area contributed by atoms with Crippen molar-refractivity contribution in [3.63, 3.8) is 0 Å². The minimum Gasteiger partial charge on any atom is -0.497 e. The maximum absolute atomic E-state index is 12.2. The molecule has 0 aliphatic heterocycles. The summed E-state index contributed by atoms with van der Waals surface area (Å²) in [7, 11) is 1.59. The molecular weight excluding hydrogens is 278 g/mol. The van der Waals surface area contributed by atoms with Gasteiger partial charge in [0.1, 0.15) is 11.5 Å². The lowest BCUT2D eigenvalue weighted by molar-refractivity contribution is -0.127. The summed E-state index contributed by atoms with van der Waals surface area (Å²) in [6.45, 7) is 3.68. The highest BCUT2D eigenvalue weighted by Crippen LogP contribution is 2.20. The summed E-state index contributed by atoms with van der Waals surface area (Å²) in [4.78, 5) is 12.2. The molecule has 22 heavy (non-hydrogen) atoms. The number of benzene rings is 2. The van der Waals surface area contributed by atoms with E-state index in [0.717, 1.165) is 5.56 Å². The van der Waals surface area contributed by atoms with Crippen LogP contribution in [0.4, 0.5) is 0 Å². The maximum Gasteiger partial charge on any atom is 0.261 e. The van der Waals surface area contributed by atoms with E-state index in [9.17, 15) is 4.79 Å². The molecule has 1 amide bonds. The molecule has 116 valence electrons. The van der Waals surface area contributed by atoms with Gasteiger partial charge in [-0.05, 0) is 31.5 Å². The Labute approximate surface area is 131 Å². The first kappa shape index (κ1) is 15.9. The van der Waals surface area contributed by atoms with E-state index < -0.39 is 6.10 Å². The molecule has 0 bridgehead atoms. The zero-order chi connectivity index (χ0) is 15.9. The Hall–Kier alpha value is -2.49. The highest BCUT2D eigenvalue weighted by atomic mass is 16.5. The second kappa shape index (κ2) is 7.50. The van der Waals surface area contributed by atoms with E-state index in [2.05, 4.69) is 5.32 Å². The standard InChI is InChI=1S/C18H21NO3/c1-13(15-8-5-4-6-9-15)19-18(20)14(2)22-17-11-7-10-16(12-17)21-3/h4-14H,1-3H3,(H,19,20)/t13-,14-/m0/s1. The summed E-state index contributed by atoms with van der Waals surface area (Å²) in [6.07, 6.45) is -0.585. The van der Waals surface area contributed by atoms with Crippen LogP contribution in [0.1, 0.15) is 25.5 Å². The third kappa shape index (κ3) is 4.25. The Balaban J connectivity index is 1.94. The number of carbonyl (C=O) groups excluding carboxylic acids is 1. The predicted molar refractivity (Wildman–Crippen MR) is 86.1 cm³/mol. The van der Waals surface area contributed by atoms with E-state index in [1.165, 1.54) is 0 Å². The van der Waals surface area contributed by atoms with Crippen LogP contribution in [0.5, 0.6) is 11.5 Å². The molecule has 1 N–H and O–H groups in total. The van der Waals surface area contributed by atoms with E-state index in [0.29, 0.717) is 11.5 Å². The third-order valence-electron chi connectivity index (χ3n) is 3.38. The Morgan fingerprint density at radius 2 is 1.68 bits per heavy atom. The average Bonchev–Trinajstić information content (AvgIpc) is 2.55. The second-order valence-corrected chi connectivity index (χ2v) is 5.08. The number of methoxy groups -OCH3 is 1. The Bertz CT molecular complexity index is 613. The minimum absolute atomic E-state index is 0.0648. The molecule has 4 heteroatoms. The highest BCUT2D eigenvalue weighted by molar-refractivity contribution is 5.81. The molecule has 2 aromatic carbocycles. The molecule has 2 aromatic rings. The van der Waals surface area contributed by atoms with Gasteiger partial charge in [-0.25, -0.2) is 0 Å². The number of hydrogen-bond acceptors (Lipinski definition) is 3. The van der Waals surface area contributed by atoms with Crippen molar-refractivity contribution < 1.29 is 14.3 Å². The van der Waals surface area contributed by atoms with Crippen molar-refractivity contribution in [3.8, 4) is 11.5 Å². The summed E-state index contributed by atoms with van der Waals surface area (Å²) >= 11 is 0. The summed E-state index contributed by atoms with van der Waals surface area (Å²) in [5.74, 6) is 1.15. The number of rotatable bonds is 6. The Morgan fingerprint density at radius 3 is 2.36 bits per heavy atom. The molecule has 0 heterocycles. The third-order valence-corrected chi connectivity index (χ3v) is 3.38. The van der Waals surface area contributed by atoms with Crippen LogP contribution < -0.4 is 14.8 Å². The highest BCUT2D eigenvalue weighted by Gasteiger charge is 2.17. The molecule has 0 aromatic heterocycles. The van der Waals surface area contributed by atoms with Gasteiger partial charge in [0.15, 0.2) is 6.10 Å². The van der Waals surface area contributed by atoms with Crippen LogP contribution in [0.25, 0.3) is 0 Å². The summed E-state index contributed by atoms with van der Waals surface area (Å²) in [5, 5.41) is 2.95. The van der Waals surface area contributed by atoms with E-state index in [-0.39, 0.29) is 11.9 Å².